The van der Waals surface area contributed by atoms with Crippen molar-refractivity contribution in [1.82, 2.24) is 9.97 Å². The molecule has 1 fully saturated rings. The summed E-state index contributed by atoms with van der Waals surface area (Å²) < 4.78 is 52.6. The lowest BCUT2D eigenvalue weighted by Crippen LogP contribution is -2.17. The maximum atomic E-state index is 12.6. The maximum Gasteiger partial charge on any atom is 0.573 e. The Morgan fingerprint density at radius 1 is 0.938 bits per heavy atom. The van der Waals surface area contributed by atoms with Crippen LogP contribution in [0.3, 0.4) is 0 Å². The molecule has 1 saturated carbocycles. The summed E-state index contributed by atoms with van der Waals surface area (Å²) in [5, 5.41) is 6.42. The molecule has 168 valence electrons. The van der Waals surface area contributed by atoms with Crippen LogP contribution in [0, 0.1) is 0 Å². The molecule has 0 unspecified atom stereocenters. The average molecular weight is 446 g/mol. The summed E-state index contributed by atoms with van der Waals surface area (Å²) in [6, 6.07) is 12.9. The zero-order chi connectivity index (χ0) is 22.7. The first kappa shape index (κ1) is 21.5. The van der Waals surface area contributed by atoms with E-state index in [4.69, 9.17) is 9.47 Å². The molecule has 0 amide bonds. The van der Waals surface area contributed by atoms with E-state index in [-0.39, 0.29) is 11.8 Å². The lowest BCUT2D eigenvalue weighted by molar-refractivity contribution is -0.274. The number of alkyl halides is 3. The van der Waals surface area contributed by atoms with Crippen molar-refractivity contribution >= 4 is 17.5 Å². The van der Waals surface area contributed by atoms with Gasteiger partial charge in [0.1, 0.15) is 23.1 Å². The van der Waals surface area contributed by atoms with E-state index in [2.05, 4.69) is 25.3 Å². The van der Waals surface area contributed by atoms with Crippen molar-refractivity contribution in [1.29, 1.82) is 0 Å². The number of anilines is 3. The van der Waals surface area contributed by atoms with Gasteiger partial charge in [0, 0.05) is 23.7 Å². The van der Waals surface area contributed by atoms with Crippen LogP contribution in [-0.2, 0) is 0 Å². The van der Waals surface area contributed by atoms with Crippen LogP contribution < -0.4 is 24.8 Å². The Balaban J connectivity index is 1.68. The Kier molecular flexibility index (Phi) is 5.93. The molecule has 1 aromatic heterocycles. The van der Waals surface area contributed by atoms with Crippen molar-refractivity contribution in [3.8, 4) is 28.5 Å². The summed E-state index contributed by atoms with van der Waals surface area (Å²) in [7, 11) is 3.10. The van der Waals surface area contributed by atoms with E-state index in [1.165, 1.54) is 25.3 Å². The van der Waals surface area contributed by atoms with Crippen LogP contribution in [0.15, 0.2) is 48.5 Å². The first-order chi connectivity index (χ1) is 15.3. The fourth-order valence-electron chi connectivity index (χ4n) is 3.03. The largest absolute Gasteiger partial charge is 0.573 e. The average Bonchev–Trinajstić information content (AvgIpc) is 3.57. The summed E-state index contributed by atoms with van der Waals surface area (Å²) in [4.78, 5) is 8.99. The molecule has 0 saturated heterocycles. The molecule has 0 bridgehead atoms. The number of halogens is 3. The normalized spacial score (nSPS) is 13.4. The standard InChI is InChI=1S/C22H21F3N4O3/c1-30-15-8-9-17(19(11-15)31-2)27-20-12-18(28-21(29-20)26-14-6-7-14)13-4-3-5-16(10-13)32-22(23,24)25/h3-5,8-12,14H,6-7H2,1-2H3,(H2,26,27,28,29). The Labute approximate surface area is 182 Å². The van der Waals surface area contributed by atoms with Gasteiger partial charge < -0.3 is 24.8 Å². The number of hydrogen-bond acceptors (Lipinski definition) is 7. The lowest BCUT2D eigenvalue weighted by atomic mass is 10.1. The van der Waals surface area contributed by atoms with E-state index in [1.807, 2.05) is 0 Å². The SMILES string of the molecule is COc1ccc(Nc2cc(-c3cccc(OC(F)(F)F)c3)nc(NC3CC3)n2)c(OC)c1. The third-order valence-corrected chi connectivity index (χ3v) is 4.67. The number of nitrogens with one attached hydrogen (secondary N) is 2. The van der Waals surface area contributed by atoms with Gasteiger partial charge in [-0.1, -0.05) is 12.1 Å². The van der Waals surface area contributed by atoms with Gasteiger partial charge >= 0.3 is 6.36 Å². The first-order valence-corrected chi connectivity index (χ1v) is 9.84. The minimum absolute atomic E-state index is 0.286. The Morgan fingerprint density at radius 3 is 2.44 bits per heavy atom. The summed E-state index contributed by atoms with van der Waals surface area (Å²) in [5.74, 6) is 1.68. The fraction of sp³-hybridized carbons (Fsp3) is 0.273. The molecular formula is C22H21F3N4O3. The van der Waals surface area contributed by atoms with Gasteiger partial charge in [0.25, 0.3) is 0 Å². The second-order valence-corrected chi connectivity index (χ2v) is 7.15. The summed E-state index contributed by atoms with van der Waals surface area (Å²) in [5.41, 5.74) is 1.54. The Morgan fingerprint density at radius 2 is 1.75 bits per heavy atom. The van der Waals surface area contributed by atoms with Crippen molar-refractivity contribution in [3.05, 3.63) is 48.5 Å². The van der Waals surface area contributed by atoms with Gasteiger partial charge in [-0.15, -0.1) is 13.2 Å². The molecule has 0 atom stereocenters. The van der Waals surface area contributed by atoms with E-state index >= 15 is 0 Å². The van der Waals surface area contributed by atoms with Gasteiger partial charge in [-0.2, -0.15) is 4.98 Å². The van der Waals surface area contributed by atoms with Gasteiger partial charge in [-0.3, -0.25) is 0 Å². The molecular weight excluding hydrogens is 425 g/mol. The zero-order valence-electron chi connectivity index (χ0n) is 17.4. The Bertz CT molecular complexity index is 1100. The van der Waals surface area contributed by atoms with Crippen LogP contribution in [0.25, 0.3) is 11.3 Å². The number of aromatic nitrogens is 2. The molecule has 2 aromatic carbocycles. The van der Waals surface area contributed by atoms with Gasteiger partial charge in [-0.05, 0) is 37.1 Å². The van der Waals surface area contributed by atoms with Crippen molar-refractivity contribution in [2.45, 2.75) is 25.2 Å². The Hall–Kier alpha value is -3.69. The van der Waals surface area contributed by atoms with Crippen molar-refractivity contribution in [2.24, 2.45) is 0 Å². The van der Waals surface area contributed by atoms with Gasteiger partial charge in [0.05, 0.1) is 25.6 Å². The van der Waals surface area contributed by atoms with E-state index in [0.717, 1.165) is 12.8 Å². The van der Waals surface area contributed by atoms with Gasteiger partial charge in [-0.25, -0.2) is 4.98 Å². The monoisotopic (exact) mass is 446 g/mol. The maximum absolute atomic E-state index is 12.6. The molecule has 3 aromatic rings. The molecule has 7 nitrogen and oxygen atoms in total. The number of rotatable bonds is 8. The van der Waals surface area contributed by atoms with E-state index in [0.29, 0.717) is 40.2 Å². The number of hydrogen-bond donors (Lipinski definition) is 2. The summed E-state index contributed by atoms with van der Waals surface area (Å²) >= 11 is 0. The van der Waals surface area contributed by atoms with Gasteiger partial charge in [0.2, 0.25) is 5.95 Å². The molecule has 0 aliphatic heterocycles. The molecule has 0 spiro atoms. The van der Waals surface area contributed by atoms with Crippen LogP contribution in [0.2, 0.25) is 0 Å². The van der Waals surface area contributed by atoms with Crippen molar-refractivity contribution in [2.75, 3.05) is 24.9 Å². The predicted octanol–water partition coefficient (Wildman–Crippen LogP) is 5.38. The predicted molar refractivity (Wildman–Crippen MR) is 114 cm³/mol. The first-order valence-electron chi connectivity index (χ1n) is 9.84. The van der Waals surface area contributed by atoms with E-state index in [1.54, 1.807) is 37.4 Å². The van der Waals surface area contributed by atoms with Crippen molar-refractivity contribution < 1.29 is 27.4 Å². The van der Waals surface area contributed by atoms with E-state index in [9.17, 15) is 13.2 Å². The molecule has 32 heavy (non-hydrogen) atoms. The quantitative estimate of drug-likeness (QED) is 0.481. The van der Waals surface area contributed by atoms with Crippen LogP contribution in [0.4, 0.5) is 30.6 Å². The number of benzene rings is 2. The molecule has 0 radical (unpaired) electrons. The molecule has 2 N–H and O–H groups in total. The number of methoxy groups -OCH3 is 2. The zero-order valence-corrected chi connectivity index (χ0v) is 17.4. The van der Waals surface area contributed by atoms with Gasteiger partial charge in [0.15, 0.2) is 0 Å². The molecule has 1 aliphatic rings. The topological polar surface area (TPSA) is 77.5 Å². The second-order valence-electron chi connectivity index (χ2n) is 7.15. The van der Waals surface area contributed by atoms with Crippen LogP contribution in [0.1, 0.15) is 12.8 Å². The van der Waals surface area contributed by atoms with E-state index < -0.39 is 6.36 Å². The molecule has 10 heteroatoms. The summed E-state index contributed by atoms with van der Waals surface area (Å²) in [6.07, 6.45) is -2.75. The third-order valence-electron chi connectivity index (χ3n) is 4.67. The molecule has 1 aliphatic carbocycles. The smallest absolute Gasteiger partial charge is 0.497 e. The molecule has 1 heterocycles. The molecule has 4 rings (SSSR count). The van der Waals surface area contributed by atoms with Crippen LogP contribution >= 0.6 is 0 Å². The highest BCUT2D eigenvalue weighted by atomic mass is 19.4. The highest BCUT2D eigenvalue weighted by Crippen LogP contribution is 2.34. The highest BCUT2D eigenvalue weighted by Gasteiger charge is 2.31. The fourth-order valence-corrected chi connectivity index (χ4v) is 3.03. The third kappa shape index (κ3) is 5.51. The number of ether oxygens (including phenoxy) is 3. The summed E-state index contributed by atoms with van der Waals surface area (Å²) in [6.45, 7) is 0. The lowest BCUT2D eigenvalue weighted by Gasteiger charge is -2.15. The highest BCUT2D eigenvalue weighted by molar-refractivity contribution is 5.71. The van der Waals surface area contributed by atoms with Crippen molar-refractivity contribution in [3.63, 3.8) is 0 Å². The minimum atomic E-state index is -4.78. The van der Waals surface area contributed by atoms with Crippen LogP contribution in [-0.4, -0.2) is 36.6 Å². The second kappa shape index (κ2) is 8.81. The number of nitrogens with zero attached hydrogens (tertiary/aromatic N) is 2. The minimum Gasteiger partial charge on any atom is -0.497 e. The van der Waals surface area contributed by atoms with Crippen LogP contribution in [0.5, 0.6) is 17.2 Å².